The molecule has 1 aromatic carbocycles. The van der Waals surface area contributed by atoms with E-state index in [9.17, 15) is 0 Å². The third-order valence-corrected chi connectivity index (χ3v) is 3.40. The van der Waals surface area contributed by atoms with Gasteiger partial charge in [0.1, 0.15) is 0 Å². The van der Waals surface area contributed by atoms with Crippen LogP contribution in [-0.2, 0) is 4.74 Å². The van der Waals surface area contributed by atoms with Crippen LogP contribution in [0.25, 0.3) is 0 Å². The Labute approximate surface area is 95.7 Å². The van der Waals surface area contributed by atoms with Crippen molar-refractivity contribution in [2.75, 3.05) is 13.1 Å². The molecule has 1 aliphatic rings. The maximum atomic E-state index is 5.70. The Kier molecular flexibility index (Phi) is 3.67. The molecule has 1 saturated heterocycles. The highest BCUT2D eigenvalue weighted by Gasteiger charge is 2.22. The third-order valence-electron chi connectivity index (χ3n) is 2.36. The van der Waals surface area contributed by atoms with Gasteiger partial charge in [0.25, 0.3) is 0 Å². The second-order valence-electron chi connectivity index (χ2n) is 4.01. The molecule has 0 saturated carbocycles. The van der Waals surface area contributed by atoms with Crippen LogP contribution in [0.2, 0.25) is 0 Å². The molecule has 2 atom stereocenters. The summed E-state index contributed by atoms with van der Waals surface area (Å²) in [6.07, 6.45) is 0.676. The van der Waals surface area contributed by atoms with Crippen molar-refractivity contribution in [1.82, 2.24) is 4.31 Å². The first-order chi connectivity index (χ1) is 7.24. The first-order valence-corrected chi connectivity index (χ1v) is 6.15. The highest BCUT2D eigenvalue weighted by molar-refractivity contribution is 7.97. The van der Waals surface area contributed by atoms with E-state index in [-0.39, 0.29) is 0 Å². The first kappa shape index (κ1) is 11.0. The summed E-state index contributed by atoms with van der Waals surface area (Å²) < 4.78 is 8.08. The van der Waals surface area contributed by atoms with E-state index in [0.717, 1.165) is 13.1 Å². The zero-order valence-corrected chi connectivity index (χ0v) is 10.0. The Morgan fingerprint density at radius 2 is 1.73 bits per heavy atom. The van der Waals surface area contributed by atoms with E-state index in [4.69, 9.17) is 4.74 Å². The topological polar surface area (TPSA) is 12.5 Å². The second kappa shape index (κ2) is 5.01. The molecule has 0 aliphatic carbocycles. The Bertz CT molecular complexity index is 294. The minimum Gasteiger partial charge on any atom is -0.373 e. The van der Waals surface area contributed by atoms with Gasteiger partial charge < -0.3 is 4.74 Å². The van der Waals surface area contributed by atoms with Crippen LogP contribution in [0.1, 0.15) is 13.8 Å². The summed E-state index contributed by atoms with van der Waals surface area (Å²) in [6.45, 7) is 6.27. The summed E-state index contributed by atoms with van der Waals surface area (Å²) in [5, 5.41) is 0. The zero-order chi connectivity index (χ0) is 10.7. The molecule has 0 radical (unpaired) electrons. The Morgan fingerprint density at radius 3 is 2.33 bits per heavy atom. The fraction of sp³-hybridized carbons (Fsp3) is 0.500. The second-order valence-corrected chi connectivity index (χ2v) is 5.18. The third kappa shape index (κ3) is 3.23. The van der Waals surface area contributed by atoms with Crippen molar-refractivity contribution in [1.29, 1.82) is 0 Å². The molecule has 1 fully saturated rings. The molecule has 0 N–H and O–H groups in total. The van der Waals surface area contributed by atoms with Gasteiger partial charge in [-0.25, -0.2) is 4.31 Å². The fourth-order valence-electron chi connectivity index (χ4n) is 1.84. The number of nitrogens with zero attached hydrogens (tertiary/aromatic N) is 1. The number of rotatable bonds is 2. The minimum atomic E-state index is 0.338. The maximum Gasteiger partial charge on any atom is 0.0687 e. The molecule has 2 unspecified atom stereocenters. The average Bonchev–Trinajstić information content (AvgIpc) is 2.17. The Hall–Kier alpha value is -0.510. The molecular weight excluding hydrogens is 206 g/mol. The van der Waals surface area contributed by atoms with Gasteiger partial charge in [-0.05, 0) is 37.9 Å². The van der Waals surface area contributed by atoms with Crippen LogP contribution in [0.5, 0.6) is 0 Å². The summed E-state index contributed by atoms with van der Waals surface area (Å²) in [4.78, 5) is 1.30. The summed E-state index contributed by atoms with van der Waals surface area (Å²) in [6, 6.07) is 10.5. The fourth-order valence-corrected chi connectivity index (χ4v) is 2.98. The van der Waals surface area contributed by atoms with Crippen LogP contribution < -0.4 is 0 Å². The van der Waals surface area contributed by atoms with Gasteiger partial charge in [-0.15, -0.1) is 0 Å². The van der Waals surface area contributed by atoms with Gasteiger partial charge >= 0.3 is 0 Å². The molecule has 2 nitrogen and oxygen atoms in total. The van der Waals surface area contributed by atoms with Gasteiger partial charge in [0.05, 0.1) is 12.2 Å². The number of benzene rings is 1. The van der Waals surface area contributed by atoms with Gasteiger partial charge in [-0.3, -0.25) is 0 Å². The molecule has 2 rings (SSSR count). The van der Waals surface area contributed by atoms with E-state index in [1.54, 1.807) is 0 Å². The predicted molar refractivity (Wildman–Crippen MR) is 63.9 cm³/mol. The van der Waals surface area contributed by atoms with E-state index < -0.39 is 0 Å². The monoisotopic (exact) mass is 223 g/mol. The molecule has 1 heterocycles. The van der Waals surface area contributed by atoms with Crippen LogP contribution in [0.15, 0.2) is 35.2 Å². The average molecular weight is 223 g/mol. The molecule has 1 aromatic rings. The van der Waals surface area contributed by atoms with Crippen LogP contribution in [0.4, 0.5) is 0 Å². The van der Waals surface area contributed by atoms with Crippen molar-refractivity contribution >= 4 is 11.9 Å². The van der Waals surface area contributed by atoms with Crippen molar-refractivity contribution in [3.05, 3.63) is 30.3 Å². The number of hydrogen-bond donors (Lipinski definition) is 0. The van der Waals surface area contributed by atoms with E-state index in [1.807, 2.05) is 11.9 Å². The largest absolute Gasteiger partial charge is 0.373 e. The smallest absolute Gasteiger partial charge is 0.0687 e. The summed E-state index contributed by atoms with van der Waals surface area (Å²) in [5.41, 5.74) is 0. The van der Waals surface area contributed by atoms with Crippen LogP contribution in [0, 0.1) is 0 Å². The molecule has 1 aliphatic heterocycles. The van der Waals surface area contributed by atoms with Crippen molar-refractivity contribution in [3.8, 4) is 0 Å². The zero-order valence-electron chi connectivity index (χ0n) is 9.22. The van der Waals surface area contributed by atoms with Gasteiger partial charge in [0.15, 0.2) is 0 Å². The lowest BCUT2D eigenvalue weighted by Crippen LogP contribution is -2.41. The van der Waals surface area contributed by atoms with Crippen molar-refractivity contribution in [2.45, 2.75) is 31.0 Å². The van der Waals surface area contributed by atoms with Crippen LogP contribution in [0.3, 0.4) is 0 Å². The van der Waals surface area contributed by atoms with Crippen LogP contribution >= 0.6 is 11.9 Å². The Morgan fingerprint density at radius 1 is 1.13 bits per heavy atom. The van der Waals surface area contributed by atoms with Gasteiger partial charge in [0, 0.05) is 18.0 Å². The van der Waals surface area contributed by atoms with Gasteiger partial charge in [-0.1, -0.05) is 18.2 Å². The molecule has 0 bridgehead atoms. The van der Waals surface area contributed by atoms with E-state index in [1.165, 1.54) is 4.90 Å². The molecular formula is C12H17NOS. The van der Waals surface area contributed by atoms with E-state index in [2.05, 4.69) is 48.5 Å². The molecule has 0 spiro atoms. The van der Waals surface area contributed by atoms with Gasteiger partial charge in [-0.2, -0.15) is 0 Å². The normalized spacial score (nSPS) is 27.9. The highest BCUT2D eigenvalue weighted by atomic mass is 32.2. The first-order valence-electron chi connectivity index (χ1n) is 5.37. The summed E-state index contributed by atoms with van der Waals surface area (Å²) in [7, 11) is 0. The van der Waals surface area contributed by atoms with Crippen molar-refractivity contribution in [3.63, 3.8) is 0 Å². The van der Waals surface area contributed by atoms with Crippen molar-refractivity contribution < 1.29 is 4.74 Å². The summed E-state index contributed by atoms with van der Waals surface area (Å²) in [5.74, 6) is 0. The predicted octanol–water partition coefficient (Wildman–Crippen LogP) is 2.80. The number of hydrogen-bond acceptors (Lipinski definition) is 3. The highest BCUT2D eigenvalue weighted by Crippen LogP contribution is 2.25. The number of morpholine rings is 1. The lowest BCUT2D eigenvalue weighted by molar-refractivity contribution is -0.0414. The maximum absolute atomic E-state index is 5.70. The van der Waals surface area contributed by atoms with Crippen molar-refractivity contribution in [2.24, 2.45) is 0 Å². The quantitative estimate of drug-likeness (QED) is 0.715. The van der Waals surface area contributed by atoms with Gasteiger partial charge in [0.2, 0.25) is 0 Å². The minimum absolute atomic E-state index is 0.338. The molecule has 3 heteroatoms. The summed E-state index contributed by atoms with van der Waals surface area (Å²) >= 11 is 1.83. The standard InChI is InChI=1S/C12H17NOS/c1-10-8-13(9-11(2)14-10)15-12-6-4-3-5-7-12/h3-7,10-11H,8-9H2,1-2H3. The molecule has 0 amide bonds. The number of ether oxygens (including phenoxy) is 1. The lowest BCUT2D eigenvalue weighted by atomic mass is 10.3. The van der Waals surface area contributed by atoms with Crippen LogP contribution in [-0.4, -0.2) is 29.6 Å². The van der Waals surface area contributed by atoms with E-state index >= 15 is 0 Å². The SMILES string of the molecule is CC1CN(Sc2ccccc2)CC(C)O1. The Balaban J connectivity index is 1.94. The molecule has 15 heavy (non-hydrogen) atoms. The molecule has 82 valence electrons. The lowest BCUT2D eigenvalue weighted by Gasteiger charge is -2.34. The molecule has 0 aromatic heterocycles. The van der Waals surface area contributed by atoms with E-state index in [0.29, 0.717) is 12.2 Å².